The van der Waals surface area contributed by atoms with E-state index < -0.39 is 0 Å². The molecule has 0 unspecified atom stereocenters. The van der Waals surface area contributed by atoms with Crippen molar-refractivity contribution in [3.63, 3.8) is 0 Å². The monoisotopic (exact) mass is 446 g/mol. The van der Waals surface area contributed by atoms with Crippen LogP contribution in [0.15, 0.2) is 53.8 Å². The first-order valence-corrected chi connectivity index (χ1v) is 10.5. The van der Waals surface area contributed by atoms with Gasteiger partial charge in [0.2, 0.25) is 11.1 Å². The molecule has 1 amide bonds. The van der Waals surface area contributed by atoms with Crippen molar-refractivity contribution in [1.29, 1.82) is 0 Å². The average Bonchev–Trinajstić information content (AvgIpc) is 3.33. The van der Waals surface area contributed by atoms with Gasteiger partial charge in [0.1, 0.15) is 0 Å². The van der Waals surface area contributed by atoms with E-state index in [0.29, 0.717) is 28.2 Å². The molecule has 4 aromatic rings. The van der Waals surface area contributed by atoms with E-state index in [2.05, 4.69) is 25.8 Å². The fourth-order valence-corrected chi connectivity index (χ4v) is 3.99. The van der Waals surface area contributed by atoms with Crippen LogP contribution in [0, 0.1) is 0 Å². The van der Waals surface area contributed by atoms with Crippen LogP contribution in [0.25, 0.3) is 16.6 Å². The van der Waals surface area contributed by atoms with Crippen LogP contribution in [0.2, 0.25) is 10.0 Å². The highest BCUT2D eigenvalue weighted by Gasteiger charge is 2.12. The zero-order valence-corrected chi connectivity index (χ0v) is 17.4. The van der Waals surface area contributed by atoms with Crippen molar-refractivity contribution in [2.45, 2.75) is 11.6 Å². The predicted octanol–water partition coefficient (Wildman–Crippen LogP) is 3.90. The Hall–Kier alpha value is -2.55. The number of benzene rings is 2. The molecule has 148 valence electrons. The smallest absolute Gasteiger partial charge is 0.230 e. The lowest BCUT2D eigenvalue weighted by atomic mass is 10.1. The van der Waals surface area contributed by atoms with Gasteiger partial charge in [-0.1, -0.05) is 41.0 Å². The van der Waals surface area contributed by atoms with Gasteiger partial charge in [-0.2, -0.15) is 4.68 Å². The number of nitrogens with zero attached hydrogens (tertiary/aromatic N) is 4. The molecule has 7 nitrogen and oxygen atoms in total. The summed E-state index contributed by atoms with van der Waals surface area (Å²) >= 11 is 13.4. The van der Waals surface area contributed by atoms with Gasteiger partial charge in [0.05, 0.1) is 11.4 Å². The van der Waals surface area contributed by atoms with E-state index in [1.54, 1.807) is 16.8 Å². The SMILES string of the molecule is O=C(CSc1nnnn1-c1cccc(Cl)c1)NCCc1c[nH]c2ccc(Cl)cc12. The number of nitrogens with one attached hydrogen (secondary N) is 2. The summed E-state index contributed by atoms with van der Waals surface area (Å²) in [4.78, 5) is 15.4. The summed E-state index contributed by atoms with van der Waals surface area (Å²) in [7, 11) is 0. The molecule has 0 saturated carbocycles. The van der Waals surface area contributed by atoms with Gasteiger partial charge in [0.15, 0.2) is 0 Å². The van der Waals surface area contributed by atoms with Crippen molar-refractivity contribution in [2.75, 3.05) is 12.3 Å². The quantitative estimate of drug-likeness (QED) is 0.420. The fraction of sp³-hybridized carbons (Fsp3) is 0.158. The van der Waals surface area contributed by atoms with Gasteiger partial charge in [-0.05, 0) is 58.8 Å². The highest BCUT2D eigenvalue weighted by atomic mass is 35.5. The minimum absolute atomic E-state index is 0.0893. The average molecular weight is 447 g/mol. The number of thioether (sulfide) groups is 1. The number of carbonyl (C=O) groups is 1. The van der Waals surface area contributed by atoms with Gasteiger partial charge in [0.25, 0.3) is 0 Å². The van der Waals surface area contributed by atoms with Crippen molar-refractivity contribution in [1.82, 2.24) is 30.5 Å². The largest absolute Gasteiger partial charge is 0.361 e. The Labute approximate surface area is 180 Å². The van der Waals surface area contributed by atoms with Crippen LogP contribution < -0.4 is 5.32 Å². The highest BCUT2D eigenvalue weighted by molar-refractivity contribution is 7.99. The molecular formula is C19H16Cl2N6OS. The molecule has 0 spiro atoms. The van der Waals surface area contributed by atoms with E-state index in [1.165, 1.54) is 11.8 Å². The molecule has 10 heteroatoms. The molecule has 0 atom stereocenters. The number of carbonyl (C=O) groups excluding carboxylic acids is 1. The predicted molar refractivity (Wildman–Crippen MR) is 115 cm³/mol. The van der Waals surface area contributed by atoms with Crippen LogP contribution >= 0.6 is 35.0 Å². The van der Waals surface area contributed by atoms with Gasteiger partial charge in [0, 0.05) is 33.7 Å². The Morgan fingerprint density at radius 3 is 2.90 bits per heavy atom. The first-order valence-electron chi connectivity index (χ1n) is 8.79. The van der Waals surface area contributed by atoms with Gasteiger partial charge >= 0.3 is 0 Å². The summed E-state index contributed by atoms with van der Waals surface area (Å²) in [6, 6.07) is 12.9. The lowest BCUT2D eigenvalue weighted by Crippen LogP contribution is -2.27. The van der Waals surface area contributed by atoms with E-state index in [-0.39, 0.29) is 11.7 Å². The number of rotatable bonds is 7. The molecule has 0 aliphatic carbocycles. The van der Waals surface area contributed by atoms with Gasteiger partial charge < -0.3 is 10.3 Å². The van der Waals surface area contributed by atoms with Crippen LogP contribution in [-0.4, -0.2) is 43.4 Å². The number of amides is 1. The minimum atomic E-state index is -0.0893. The van der Waals surface area contributed by atoms with E-state index in [1.807, 2.05) is 36.5 Å². The Morgan fingerprint density at radius 2 is 2.03 bits per heavy atom. The van der Waals surface area contributed by atoms with Crippen molar-refractivity contribution in [3.05, 3.63) is 64.3 Å². The fourth-order valence-electron chi connectivity index (χ4n) is 2.91. The van der Waals surface area contributed by atoms with Gasteiger partial charge in [-0.25, -0.2) is 0 Å². The maximum absolute atomic E-state index is 12.2. The van der Waals surface area contributed by atoms with Crippen LogP contribution in [-0.2, 0) is 11.2 Å². The summed E-state index contributed by atoms with van der Waals surface area (Å²) < 4.78 is 1.56. The molecular weight excluding hydrogens is 431 g/mol. The van der Waals surface area contributed by atoms with Crippen LogP contribution in [0.5, 0.6) is 0 Å². The summed E-state index contributed by atoms with van der Waals surface area (Å²) in [6.45, 7) is 0.526. The molecule has 29 heavy (non-hydrogen) atoms. The summed E-state index contributed by atoms with van der Waals surface area (Å²) in [6.07, 6.45) is 2.65. The second kappa shape index (κ2) is 8.86. The van der Waals surface area contributed by atoms with E-state index in [4.69, 9.17) is 23.2 Å². The first-order chi connectivity index (χ1) is 14.1. The highest BCUT2D eigenvalue weighted by Crippen LogP contribution is 2.23. The van der Waals surface area contributed by atoms with Crippen molar-refractivity contribution in [3.8, 4) is 5.69 Å². The maximum Gasteiger partial charge on any atom is 0.230 e. The van der Waals surface area contributed by atoms with Crippen molar-refractivity contribution < 1.29 is 4.79 Å². The lowest BCUT2D eigenvalue weighted by Gasteiger charge is -2.06. The molecule has 0 saturated heterocycles. The van der Waals surface area contributed by atoms with Crippen molar-refractivity contribution >= 4 is 51.8 Å². The Balaban J connectivity index is 1.31. The number of H-pyrrole nitrogens is 1. The molecule has 2 heterocycles. The molecule has 0 radical (unpaired) electrons. The van der Waals surface area contributed by atoms with Crippen LogP contribution in [0.3, 0.4) is 0 Å². The topological polar surface area (TPSA) is 88.5 Å². The molecule has 2 N–H and O–H groups in total. The first kappa shape index (κ1) is 19.8. The van der Waals surface area contributed by atoms with Gasteiger partial charge in [-0.15, -0.1) is 5.10 Å². The zero-order chi connectivity index (χ0) is 20.2. The molecule has 4 rings (SSSR count). The summed E-state index contributed by atoms with van der Waals surface area (Å²) in [5.41, 5.74) is 2.88. The second-order valence-corrected chi connectivity index (χ2v) is 8.06. The Morgan fingerprint density at radius 1 is 1.17 bits per heavy atom. The van der Waals surface area contributed by atoms with Crippen LogP contribution in [0.1, 0.15) is 5.56 Å². The van der Waals surface area contributed by atoms with E-state index in [9.17, 15) is 4.79 Å². The molecule has 2 aromatic heterocycles. The third-order valence-corrected chi connectivity index (χ3v) is 5.66. The number of aromatic nitrogens is 5. The second-order valence-electron chi connectivity index (χ2n) is 6.25. The molecule has 0 bridgehead atoms. The number of fused-ring (bicyclic) bond motifs is 1. The van der Waals surface area contributed by atoms with Crippen LogP contribution in [0.4, 0.5) is 0 Å². The van der Waals surface area contributed by atoms with E-state index >= 15 is 0 Å². The zero-order valence-electron chi connectivity index (χ0n) is 15.1. The maximum atomic E-state index is 12.2. The van der Waals surface area contributed by atoms with Gasteiger partial charge in [-0.3, -0.25) is 4.79 Å². The Bertz CT molecular complexity index is 1160. The molecule has 0 aliphatic heterocycles. The number of tetrazole rings is 1. The van der Waals surface area contributed by atoms with Crippen molar-refractivity contribution in [2.24, 2.45) is 0 Å². The normalized spacial score (nSPS) is 11.1. The molecule has 0 aliphatic rings. The third-order valence-electron chi connectivity index (χ3n) is 4.27. The molecule has 2 aromatic carbocycles. The standard InChI is InChI=1S/C19H16Cl2N6OS/c20-13-2-1-3-15(8-13)27-19(24-25-26-27)29-11-18(28)22-7-6-12-10-23-17-5-4-14(21)9-16(12)17/h1-5,8-10,23H,6-7,11H2,(H,22,28). The number of aromatic amines is 1. The summed E-state index contributed by atoms with van der Waals surface area (Å²) in [5, 5.41) is 17.4. The number of halogens is 2. The minimum Gasteiger partial charge on any atom is -0.361 e. The number of hydrogen-bond donors (Lipinski definition) is 2. The summed E-state index contributed by atoms with van der Waals surface area (Å²) in [5.74, 6) is 0.120. The lowest BCUT2D eigenvalue weighted by molar-refractivity contribution is -0.118. The molecule has 0 fully saturated rings. The third kappa shape index (κ3) is 4.72. The number of hydrogen-bond acceptors (Lipinski definition) is 5. The Kier molecular flexibility index (Phi) is 6.03. The van der Waals surface area contributed by atoms with E-state index in [0.717, 1.165) is 22.2 Å².